The summed E-state index contributed by atoms with van der Waals surface area (Å²) in [4.78, 5) is 13.3. The van der Waals surface area contributed by atoms with Crippen molar-refractivity contribution in [3.63, 3.8) is 0 Å². The molecule has 1 aromatic carbocycles. The fourth-order valence-electron chi connectivity index (χ4n) is 1.83. The molecule has 2 aromatic rings. The standard InChI is InChI=1S/C16H14ClNO2S/c1-11(14-8-9-15(17)21-14)18-16(20)13-7-3-2-5-12(13)6-4-10-19/h2-3,5,7-9,11,19H,10H2,1H3,(H,18,20). The molecule has 0 aliphatic carbocycles. The Morgan fingerprint density at radius 1 is 1.38 bits per heavy atom. The number of amides is 1. The van der Waals surface area contributed by atoms with Gasteiger partial charge < -0.3 is 10.4 Å². The second kappa shape index (κ2) is 7.28. The SMILES string of the molecule is CC(NC(=O)c1ccccc1C#CCO)c1ccc(Cl)s1. The van der Waals surface area contributed by atoms with Gasteiger partial charge in [0.2, 0.25) is 0 Å². The molecule has 1 atom stereocenters. The normalized spacial score (nSPS) is 11.4. The van der Waals surface area contributed by atoms with Crippen LogP contribution in [0.5, 0.6) is 0 Å². The third-order valence-electron chi connectivity index (χ3n) is 2.84. The number of thiophene rings is 1. The Morgan fingerprint density at radius 2 is 2.14 bits per heavy atom. The number of hydrogen-bond acceptors (Lipinski definition) is 3. The molecule has 2 rings (SSSR count). The van der Waals surface area contributed by atoms with E-state index in [9.17, 15) is 4.79 Å². The molecule has 0 spiro atoms. The molecule has 21 heavy (non-hydrogen) atoms. The van der Waals surface area contributed by atoms with Crippen LogP contribution in [-0.2, 0) is 0 Å². The summed E-state index contributed by atoms with van der Waals surface area (Å²) in [5.74, 6) is 5.14. The number of carbonyl (C=O) groups excluding carboxylic acids is 1. The largest absolute Gasteiger partial charge is 0.384 e. The fourth-order valence-corrected chi connectivity index (χ4v) is 2.89. The minimum atomic E-state index is -0.236. The van der Waals surface area contributed by atoms with Crippen LogP contribution in [0.15, 0.2) is 36.4 Å². The number of hydrogen-bond donors (Lipinski definition) is 2. The van der Waals surface area contributed by atoms with Crippen LogP contribution in [0, 0.1) is 11.8 Å². The third kappa shape index (κ3) is 4.08. The monoisotopic (exact) mass is 319 g/mol. The smallest absolute Gasteiger partial charge is 0.253 e. The van der Waals surface area contributed by atoms with Crippen LogP contribution in [0.1, 0.15) is 33.8 Å². The minimum absolute atomic E-state index is 0.131. The number of benzene rings is 1. The zero-order valence-electron chi connectivity index (χ0n) is 11.4. The first-order chi connectivity index (χ1) is 10.1. The maximum absolute atomic E-state index is 12.3. The lowest BCUT2D eigenvalue weighted by molar-refractivity contribution is 0.0940. The van der Waals surface area contributed by atoms with Gasteiger partial charge in [0, 0.05) is 10.4 Å². The first kappa shape index (κ1) is 15.6. The van der Waals surface area contributed by atoms with E-state index in [0.29, 0.717) is 15.5 Å². The summed E-state index contributed by atoms with van der Waals surface area (Å²) >= 11 is 7.35. The summed E-state index contributed by atoms with van der Waals surface area (Å²) in [6.07, 6.45) is 0. The van der Waals surface area contributed by atoms with Crippen molar-refractivity contribution in [2.24, 2.45) is 0 Å². The van der Waals surface area contributed by atoms with E-state index < -0.39 is 0 Å². The maximum Gasteiger partial charge on any atom is 0.253 e. The molecule has 108 valence electrons. The van der Waals surface area contributed by atoms with Crippen molar-refractivity contribution in [2.45, 2.75) is 13.0 Å². The van der Waals surface area contributed by atoms with Gasteiger partial charge in [0.1, 0.15) is 6.61 Å². The molecule has 5 heteroatoms. The lowest BCUT2D eigenvalue weighted by Crippen LogP contribution is -2.26. The lowest BCUT2D eigenvalue weighted by Gasteiger charge is -2.13. The van der Waals surface area contributed by atoms with Gasteiger partial charge >= 0.3 is 0 Å². The lowest BCUT2D eigenvalue weighted by atomic mass is 10.1. The molecule has 0 radical (unpaired) electrons. The molecule has 1 aromatic heterocycles. The number of halogens is 1. The zero-order valence-corrected chi connectivity index (χ0v) is 13.0. The van der Waals surface area contributed by atoms with Crippen LogP contribution in [0.2, 0.25) is 4.34 Å². The van der Waals surface area contributed by atoms with E-state index in [0.717, 1.165) is 4.88 Å². The third-order valence-corrected chi connectivity index (χ3v) is 4.26. The van der Waals surface area contributed by atoms with Gasteiger partial charge in [0.25, 0.3) is 5.91 Å². The van der Waals surface area contributed by atoms with Gasteiger partial charge in [-0.05, 0) is 31.2 Å². The van der Waals surface area contributed by atoms with Crippen LogP contribution < -0.4 is 5.32 Å². The molecule has 0 bridgehead atoms. The molecule has 0 fully saturated rings. The quantitative estimate of drug-likeness (QED) is 0.853. The summed E-state index contributed by atoms with van der Waals surface area (Å²) in [6, 6.07) is 10.6. The van der Waals surface area contributed by atoms with E-state index in [1.165, 1.54) is 11.3 Å². The highest BCUT2D eigenvalue weighted by Crippen LogP contribution is 2.26. The van der Waals surface area contributed by atoms with E-state index in [1.807, 2.05) is 19.1 Å². The summed E-state index contributed by atoms with van der Waals surface area (Å²) in [5, 5.41) is 11.7. The predicted molar refractivity (Wildman–Crippen MR) is 85.6 cm³/mol. The predicted octanol–water partition coefficient (Wildman–Crippen LogP) is 3.24. The topological polar surface area (TPSA) is 49.3 Å². The van der Waals surface area contributed by atoms with Crippen molar-refractivity contribution in [1.29, 1.82) is 0 Å². The van der Waals surface area contributed by atoms with Crippen LogP contribution in [0.25, 0.3) is 0 Å². The van der Waals surface area contributed by atoms with Gasteiger partial charge in [-0.25, -0.2) is 0 Å². The molecule has 3 nitrogen and oxygen atoms in total. The average Bonchev–Trinajstić information content (AvgIpc) is 2.92. The van der Waals surface area contributed by atoms with Crippen LogP contribution >= 0.6 is 22.9 Å². The van der Waals surface area contributed by atoms with E-state index in [2.05, 4.69) is 17.2 Å². The van der Waals surface area contributed by atoms with Gasteiger partial charge in [0.15, 0.2) is 0 Å². The Kier molecular flexibility index (Phi) is 5.40. The van der Waals surface area contributed by atoms with Crippen LogP contribution in [0.4, 0.5) is 0 Å². The second-order valence-corrected chi connectivity index (χ2v) is 6.09. The summed E-state index contributed by atoms with van der Waals surface area (Å²) in [7, 11) is 0. The Hall–Kier alpha value is -1.80. The Morgan fingerprint density at radius 3 is 2.81 bits per heavy atom. The number of nitrogens with one attached hydrogen (secondary N) is 1. The van der Waals surface area contributed by atoms with Gasteiger partial charge in [0.05, 0.1) is 15.9 Å². The van der Waals surface area contributed by atoms with Gasteiger partial charge in [-0.3, -0.25) is 4.79 Å². The van der Waals surface area contributed by atoms with Crippen molar-refractivity contribution in [1.82, 2.24) is 5.32 Å². The van der Waals surface area contributed by atoms with E-state index in [4.69, 9.17) is 16.7 Å². The van der Waals surface area contributed by atoms with Gasteiger partial charge in [-0.15, -0.1) is 11.3 Å². The molecular formula is C16H14ClNO2S. The van der Waals surface area contributed by atoms with Crippen molar-refractivity contribution in [2.75, 3.05) is 6.61 Å². The molecule has 0 saturated carbocycles. The number of aliphatic hydroxyl groups excluding tert-OH is 1. The van der Waals surface area contributed by atoms with Crippen LogP contribution in [0.3, 0.4) is 0 Å². The number of aliphatic hydroxyl groups is 1. The second-order valence-electron chi connectivity index (χ2n) is 4.34. The minimum Gasteiger partial charge on any atom is -0.384 e. The number of rotatable bonds is 3. The average molecular weight is 320 g/mol. The summed E-state index contributed by atoms with van der Waals surface area (Å²) in [5.41, 5.74) is 1.09. The van der Waals surface area contributed by atoms with Gasteiger partial charge in [-0.1, -0.05) is 35.6 Å². The molecule has 1 heterocycles. The van der Waals surface area contributed by atoms with E-state index >= 15 is 0 Å². The molecule has 0 aliphatic heterocycles. The number of carbonyl (C=O) groups is 1. The molecule has 0 saturated heterocycles. The van der Waals surface area contributed by atoms with Crippen molar-refractivity contribution in [3.05, 3.63) is 56.7 Å². The van der Waals surface area contributed by atoms with E-state index in [1.54, 1.807) is 24.3 Å². The van der Waals surface area contributed by atoms with Crippen molar-refractivity contribution >= 4 is 28.8 Å². The summed E-state index contributed by atoms with van der Waals surface area (Å²) in [6.45, 7) is 1.67. The highest BCUT2D eigenvalue weighted by Gasteiger charge is 2.15. The van der Waals surface area contributed by atoms with Crippen molar-refractivity contribution < 1.29 is 9.90 Å². The molecule has 2 N–H and O–H groups in total. The highest BCUT2D eigenvalue weighted by molar-refractivity contribution is 7.16. The Bertz CT molecular complexity index is 700. The first-order valence-corrected chi connectivity index (χ1v) is 7.56. The van der Waals surface area contributed by atoms with Gasteiger partial charge in [-0.2, -0.15) is 0 Å². The summed E-state index contributed by atoms with van der Waals surface area (Å²) < 4.78 is 0.695. The molecule has 1 amide bonds. The Labute approximate surface area is 132 Å². The maximum atomic E-state index is 12.3. The fraction of sp³-hybridized carbons (Fsp3) is 0.188. The van der Waals surface area contributed by atoms with E-state index in [-0.39, 0.29) is 18.6 Å². The van der Waals surface area contributed by atoms with Crippen molar-refractivity contribution in [3.8, 4) is 11.8 Å². The molecular weight excluding hydrogens is 306 g/mol. The highest BCUT2D eigenvalue weighted by atomic mass is 35.5. The molecule has 1 unspecified atom stereocenters. The Balaban J connectivity index is 2.17. The molecule has 0 aliphatic rings. The first-order valence-electron chi connectivity index (χ1n) is 6.36. The zero-order chi connectivity index (χ0) is 15.2. The van der Waals surface area contributed by atoms with Crippen LogP contribution in [-0.4, -0.2) is 17.6 Å².